The molecule has 5 N–H and O–H groups in total. The molecule has 0 unspecified atom stereocenters. The first-order chi connectivity index (χ1) is 25.4. The smallest absolute Gasteiger partial charge is 0.307 e. The minimum atomic E-state index is -1.56. The fourth-order valence-corrected chi connectivity index (χ4v) is 6.06. The first-order valence-electron chi connectivity index (χ1n) is 19.9. The highest BCUT2D eigenvalue weighted by atomic mass is 16.5. The van der Waals surface area contributed by atoms with Gasteiger partial charge in [0.25, 0.3) is 0 Å². The van der Waals surface area contributed by atoms with Gasteiger partial charge in [-0.25, -0.2) is 0 Å². The number of carbonyl (C=O) groups excluding carboxylic acids is 8. The number of unbranched alkanes of at least 4 members (excludes halogenated alkanes) is 8. The number of methoxy groups -OCH3 is 1. The van der Waals surface area contributed by atoms with Crippen LogP contribution in [0.3, 0.4) is 0 Å². The Kier molecular flexibility index (Phi) is 19.5. The second kappa shape index (κ2) is 21.9. The molecule has 0 saturated carbocycles. The SMILES string of the molecule is CCCCCCCCCCCC(=O)[C@@H](C)C(=O)N1CCC[C@H]1C(=O)NC(C)(C)C(=O)NC(C)(C)C(=O)NC(C)(C)C(=O)NC(C)(C)C(=O)NCCC(=O)OC. The van der Waals surface area contributed by atoms with E-state index < -0.39 is 75.5 Å². The number of nitrogens with one attached hydrogen (secondary N) is 5. The number of carbonyl (C=O) groups is 8. The molecule has 1 aliphatic rings. The maximum Gasteiger partial charge on any atom is 0.307 e. The molecule has 0 aromatic carbocycles. The molecule has 15 nitrogen and oxygen atoms in total. The number of ketones is 1. The van der Waals surface area contributed by atoms with Gasteiger partial charge >= 0.3 is 5.97 Å². The van der Waals surface area contributed by atoms with Crippen LogP contribution in [0.5, 0.6) is 0 Å². The zero-order chi connectivity index (χ0) is 42.2. The van der Waals surface area contributed by atoms with E-state index in [-0.39, 0.29) is 18.7 Å². The van der Waals surface area contributed by atoms with Crippen LogP contribution in [0.1, 0.15) is 153 Å². The number of hydrogen-bond donors (Lipinski definition) is 5. The van der Waals surface area contributed by atoms with Crippen molar-refractivity contribution < 1.29 is 43.1 Å². The summed E-state index contributed by atoms with van der Waals surface area (Å²) in [6.07, 6.45) is 11.3. The standard InChI is InChI=1S/C40H70N6O9/c1-12-13-14-15-16-17-18-19-20-23-29(47)27(2)32(50)46-26-21-22-28(46)31(49)42-38(5,6)34(52)44-40(9,10)36(54)45-39(7,8)35(53)43-37(3,4)33(51)41-25-24-30(48)55-11/h27-28H,12-26H2,1-11H3,(H,41,51)(H,42,49)(H,43,53)(H,44,52)(H,45,54)/t27-,28+/m1/s1. The Hall–Kier alpha value is -4.04. The lowest BCUT2D eigenvalue weighted by Crippen LogP contribution is -2.68. The zero-order valence-electron chi connectivity index (χ0n) is 35.4. The van der Waals surface area contributed by atoms with Crippen LogP contribution in [-0.2, 0) is 43.1 Å². The summed E-state index contributed by atoms with van der Waals surface area (Å²) in [6.45, 7) is 15.8. The molecule has 1 rings (SSSR count). The molecule has 1 heterocycles. The zero-order valence-corrected chi connectivity index (χ0v) is 35.4. The lowest BCUT2D eigenvalue weighted by molar-refractivity contribution is -0.146. The summed E-state index contributed by atoms with van der Waals surface area (Å²) in [4.78, 5) is 105. The monoisotopic (exact) mass is 779 g/mol. The maximum absolute atomic E-state index is 13.5. The average Bonchev–Trinajstić information content (AvgIpc) is 3.59. The first kappa shape index (κ1) is 49.0. The molecule has 0 aliphatic carbocycles. The number of likely N-dealkylation sites (tertiary alicyclic amines) is 1. The second-order valence-corrected chi connectivity index (χ2v) is 16.9. The molecule has 15 heteroatoms. The number of hydrogen-bond acceptors (Lipinski definition) is 9. The third kappa shape index (κ3) is 15.9. The van der Waals surface area contributed by atoms with Gasteiger partial charge in [0.1, 0.15) is 34.0 Å². The van der Waals surface area contributed by atoms with Gasteiger partial charge in [-0.3, -0.25) is 38.4 Å². The summed E-state index contributed by atoms with van der Waals surface area (Å²) in [5, 5.41) is 13.1. The van der Waals surface area contributed by atoms with Gasteiger partial charge in [-0.05, 0) is 81.6 Å². The van der Waals surface area contributed by atoms with E-state index in [9.17, 15) is 38.4 Å². The van der Waals surface area contributed by atoms with Crippen molar-refractivity contribution in [3.8, 4) is 0 Å². The van der Waals surface area contributed by atoms with E-state index in [4.69, 9.17) is 0 Å². The Balaban J connectivity index is 2.76. The molecular weight excluding hydrogens is 708 g/mol. The van der Waals surface area contributed by atoms with Gasteiger partial charge in [-0.2, -0.15) is 0 Å². The molecule has 0 bridgehead atoms. The third-order valence-corrected chi connectivity index (χ3v) is 10.0. The highest BCUT2D eigenvalue weighted by Crippen LogP contribution is 2.23. The fourth-order valence-electron chi connectivity index (χ4n) is 6.06. The lowest BCUT2D eigenvalue weighted by Gasteiger charge is -2.36. The maximum atomic E-state index is 13.5. The van der Waals surface area contributed by atoms with E-state index in [1.165, 1.54) is 99.5 Å². The largest absolute Gasteiger partial charge is 0.469 e. The third-order valence-electron chi connectivity index (χ3n) is 10.0. The van der Waals surface area contributed by atoms with Crippen LogP contribution >= 0.6 is 0 Å². The Morgan fingerprint density at radius 1 is 0.636 bits per heavy atom. The number of rotatable bonds is 24. The topological polar surface area (TPSA) is 209 Å². The van der Waals surface area contributed by atoms with Crippen molar-refractivity contribution in [1.82, 2.24) is 31.5 Å². The Morgan fingerprint density at radius 3 is 1.55 bits per heavy atom. The van der Waals surface area contributed by atoms with Crippen LogP contribution in [0.4, 0.5) is 0 Å². The normalized spacial score (nSPS) is 15.4. The predicted molar refractivity (Wildman–Crippen MR) is 209 cm³/mol. The van der Waals surface area contributed by atoms with E-state index in [0.29, 0.717) is 25.8 Å². The van der Waals surface area contributed by atoms with Gasteiger partial charge in [-0.1, -0.05) is 58.3 Å². The second-order valence-electron chi connectivity index (χ2n) is 16.9. The minimum absolute atomic E-state index is 0.00630. The van der Waals surface area contributed by atoms with Crippen LogP contribution in [0, 0.1) is 5.92 Å². The van der Waals surface area contributed by atoms with Crippen molar-refractivity contribution in [2.45, 2.75) is 181 Å². The molecule has 55 heavy (non-hydrogen) atoms. The summed E-state index contributed by atoms with van der Waals surface area (Å²) in [7, 11) is 1.23. The van der Waals surface area contributed by atoms with E-state index >= 15 is 0 Å². The Morgan fingerprint density at radius 2 is 1.07 bits per heavy atom. The van der Waals surface area contributed by atoms with Crippen LogP contribution in [0.25, 0.3) is 0 Å². The predicted octanol–water partition coefficient (Wildman–Crippen LogP) is 3.36. The van der Waals surface area contributed by atoms with Crippen molar-refractivity contribution in [3.63, 3.8) is 0 Å². The molecule has 0 aromatic heterocycles. The van der Waals surface area contributed by atoms with Crippen molar-refractivity contribution in [1.29, 1.82) is 0 Å². The summed E-state index contributed by atoms with van der Waals surface area (Å²) in [6, 6.07) is -0.850. The van der Waals surface area contributed by atoms with E-state index in [2.05, 4.69) is 38.2 Å². The molecule has 0 radical (unpaired) electrons. The molecule has 2 atom stereocenters. The molecule has 1 saturated heterocycles. The van der Waals surface area contributed by atoms with Crippen molar-refractivity contribution in [2.24, 2.45) is 5.92 Å². The molecule has 1 fully saturated rings. The summed E-state index contributed by atoms with van der Waals surface area (Å²) >= 11 is 0. The minimum Gasteiger partial charge on any atom is -0.469 e. The molecular formula is C40H70N6O9. The Labute approximate surface area is 328 Å². The van der Waals surface area contributed by atoms with Crippen LogP contribution in [0.2, 0.25) is 0 Å². The van der Waals surface area contributed by atoms with Crippen molar-refractivity contribution in [3.05, 3.63) is 0 Å². The van der Waals surface area contributed by atoms with E-state index in [1.807, 2.05) is 0 Å². The quantitative estimate of drug-likeness (QED) is 0.0552. The molecule has 0 aromatic rings. The molecule has 314 valence electrons. The summed E-state index contributed by atoms with van der Waals surface area (Å²) < 4.78 is 4.55. The highest BCUT2D eigenvalue weighted by Gasteiger charge is 2.44. The van der Waals surface area contributed by atoms with Gasteiger partial charge in [0, 0.05) is 19.5 Å². The number of nitrogens with zero attached hydrogens (tertiary/aromatic N) is 1. The number of ether oxygens (including phenoxy) is 1. The molecule has 0 spiro atoms. The number of Topliss-reactive ketones (excluding diaryl/α,β-unsaturated/α-hetero) is 1. The number of esters is 1. The fraction of sp³-hybridized carbons (Fsp3) is 0.800. The van der Waals surface area contributed by atoms with Crippen molar-refractivity contribution in [2.75, 3.05) is 20.2 Å². The van der Waals surface area contributed by atoms with E-state index in [1.54, 1.807) is 6.92 Å². The van der Waals surface area contributed by atoms with Gasteiger partial charge in [0.15, 0.2) is 0 Å². The number of amides is 6. The van der Waals surface area contributed by atoms with E-state index in [0.717, 1.165) is 25.7 Å². The van der Waals surface area contributed by atoms with Crippen LogP contribution < -0.4 is 26.6 Å². The molecule has 1 aliphatic heterocycles. The Bertz CT molecular complexity index is 1370. The summed E-state index contributed by atoms with van der Waals surface area (Å²) in [5.74, 6) is -5.08. The summed E-state index contributed by atoms with van der Waals surface area (Å²) in [5.41, 5.74) is -6.00. The molecule has 6 amide bonds. The van der Waals surface area contributed by atoms with Crippen LogP contribution in [0.15, 0.2) is 0 Å². The lowest BCUT2D eigenvalue weighted by atomic mass is 9.95. The first-order valence-corrected chi connectivity index (χ1v) is 19.9. The highest BCUT2D eigenvalue weighted by molar-refractivity contribution is 6.03. The van der Waals surface area contributed by atoms with Crippen LogP contribution in [-0.4, -0.2) is 100 Å². The average molecular weight is 779 g/mol. The van der Waals surface area contributed by atoms with Gasteiger partial charge in [0.2, 0.25) is 35.4 Å². The van der Waals surface area contributed by atoms with Gasteiger partial charge in [-0.15, -0.1) is 0 Å². The van der Waals surface area contributed by atoms with Crippen molar-refractivity contribution >= 4 is 47.2 Å². The van der Waals surface area contributed by atoms with Gasteiger partial charge in [0.05, 0.1) is 19.4 Å². The van der Waals surface area contributed by atoms with Gasteiger partial charge < -0.3 is 36.2 Å².